The van der Waals surface area contributed by atoms with Gasteiger partial charge in [-0.15, -0.1) is 0 Å². The number of carbonyl (C=O) groups is 2. The molecule has 1 heterocycles. The van der Waals surface area contributed by atoms with Gasteiger partial charge in [0.2, 0.25) is 0 Å². The number of ether oxygens (including phenoxy) is 1. The summed E-state index contributed by atoms with van der Waals surface area (Å²) in [4.78, 5) is 24.6. The maximum Gasteiger partial charge on any atom is 0.325 e. The average Bonchev–Trinajstić information content (AvgIpc) is 2.55. The minimum Gasteiger partial charge on any atom is -0.465 e. The van der Waals surface area contributed by atoms with Crippen LogP contribution in [0.2, 0.25) is 0 Å². The quantitative estimate of drug-likeness (QED) is 0.737. The molecule has 0 bridgehead atoms. The molecule has 5 heteroatoms. The summed E-state index contributed by atoms with van der Waals surface area (Å²) in [5.74, 6) is -0.396. The van der Waals surface area contributed by atoms with Crippen LogP contribution in [0.3, 0.4) is 0 Å². The lowest BCUT2D eigenvalue weighted by Crippen LogP contribution is -2.49. The van der Waals surface area contributed by atoms with Crippen molar-refractivity contribution in [3.63, 3.8) is 0 Å². The van der Waals surface area contributed by atoms with E-state index in [2.05, 4.69) is 5.32 Å². The van der Waals surface area contributed by atoms with Crippen molar-refractivity contribution in [3.8, 4) is 0 Å². The van der Waals surface area contributed by atoms with E-state index in [1.54, 1.807) is 11.8 Å². The topological polar surface area (TPSA) is 58.6 Å². The number of urea groups is 1. The minimum absolute atomic E-state index is 0.0563. The van der Waals surface area contributed by atoms with E-state index in [4.69, 9.17) is 4.74 Å². The maximum absolute atomic E-state index is 11.8. The van der Waals surface area contributed by atoms with Gasteiger partial charge in [0.25, 0.3) is 0 Å². The molecule has 0 aromatic heterocycles. The van der Waals surface area contributed by atoms with Crippen LogP contribution in [-0.4, -0.2) is 42.1 Å². The lowest BCUT2D eigenvalue weighted by atomic mass is 10.0. The first-order chi connectivity index (χ1) is 7.47. The number of hydrogen-bond acceptors (Lipinski definition) is 3. The SMILES string of the molecule is CCOC(=O)CNC(=O)N1CCCC1(C)C. The zero-order valence-electron chi connectivity index (χ0n) is 10.2. The molecule has 0 saturated carbocycles. The molecule has 0 aromatic rings. The second kappa shape index (κ2) is 5.18. The van der Waals surface area contributed by atoms with Gasteiger partial charge >= 0.3 is 12.0 Å². The first-order valence-electron chi connectivity index (χ1n) is 5.68. The second-order valence-corrected chi connectivity index (χ2v) is 4.53. The van der Waals surface area contributed by atoms with Crippen molar-refractivity contribution < 1.29 is 14.3 Å². The third-order valence-corrected chi connectivity index (χ3v) is 2.84. The Morgan fingerprint density at radius 2 is 2.12 bits per heavy atom. The van der Waals surface area contributed by atoms with Crippen LogP contribution < -0.4 is 5.32 Å². The highest BCUT2D eigenvalue weighted by molar-refractivity contribution is 5.81. The van der Waals surface area contributed by atoms with Gasteiger partial charge in [0.15, 0.2) is 0 Å². The Bertz CT molecular complexity index is 276. The summed E-state index contributed by atoms with van der Waals surface area (Å²) < 4.78 is 4.73. The largest absolute Gasteiger partial charge is 0.465 e. The van der Waals surface area contributed by atoms with E-state index in [1.165, 1.54) is 0 Å². The Morgan fingerprint density at radius 3 is 2.62 bits per heavy atom. The van der Waals surface area contributed by atoms with Crippen LogP contribution in [0.25, 0.3) is 0 Å². The van der Waals surface area contributed by atoms with E-state index < -0.39 is 5.97 Å². The Hall–Kier alpha value is -1.26. The van der Waals surface area contributed by atoms with Crippen LogP contribution in [0.5, 0.6) is 0 Å². The summed E-state index contributed by atoms with van der Waals surface area (Å²) in [6.45, 7) is 6.84. The lowest BCUT2D eigenvalue weighted by molar-refractivity contribution is -0.141. The van der Waals surface area contributed by atoms with Gasteiger partial charge in [0.1, 0.15) is 6.54 Å². The smallest absolute Gasteiger partial charge is 0.325 e. The molecular weight excluding hydrogens is 208 g/mol. The molecule has 0 radical (unpaired) electrons. The van der Waals surface area contributed by atoms with Crippen molar-refractivity contribution in [1.82, 2.24) is 10.2 Å². The van der Waals surface area contributed by atoms with Gasteiger partial charge in [-0.2, -0.15) is 0 Å². The molecule has 1 fully saturated rings. The van der Waals surface area contributed by atoms with Gasteiger partial charge in [-0.05, 0) is 33.6 Å². The van der Waals surface area contributed by atoms with Crippen molar-refractivity contribution in [2.45, 2.75) is 39.2 Å². The number of carbonyl (C=O) groups excluding carboxylic acids is 2. The molecule has 0 spiro atoms. The molecule has 0 atom stereocenters. The van der Waals surface area contributed by atoms with Gasteiger partial charge in [-0.25, -0.2) is 4.79 Å². The lowest BCUT2D eigenvalue weighted by Gasteiger charge is -2.31. The minimum atomic E-state index is -0.396. The third-order valence-electron chi connectivity index (χ3n) is 2.84. The number of nitrogens with one attached hydrogen (secondary N) is 1. The molecule has 1 rings (SSSR count). The number of hydrogen-bond donors (Lipinski definition) is 1. The Morgan fingerprint density at radius 1 is 1.44 bits per heavy atom. The van der Waals surface area contributed by atoms with Crippen LogP contribution >= 0.6 is 0 Å². The predicted octanol–water partition coefficient (Wildman–Crippen LogP) is 1.13. The molecule has 2 amide bonds. The zero-order chi connectivity index (χ0) is 12.2. The van der Waals surface area contributed by atoms with Crippen LogP contribution in [-0.2, 0) is 9.53 Å². The van der Waals surface area contributed by atoms with Crippen molar-refractivity contribution >= 4 is 12.0 Å². The fourth-order valence-corrected chi connectivity index (χ4v) is 1.94. The monoisotopic (exact) mass is 228 g/mol. The Labute approximate surface area is 96.1 Å². The van der Waals surface area contributed by atoms with Crippen LogP contribution in [0.1, 0.15) is 33.6 Å². The van der Waals surface area contributed by atoms with Crippen molar-refractivity contribution in [1.29, 1.82) is 0 Å². The van der Waals surface area contributed by atoms with Crippen molar-refractivity contribution in [3.05, 3.63) is 0 Å². The van der Waals surface area contributed by atoms with Gasteiger partial charge in [0.05, 0.1) is 6.61 Å². The van der Waals surface area contributed by atoms with E-state index in [9.17, 15) is 9.59 Å². The van der Waals surface area contributed by atoms with Gasteiger partial charge < -0.3 is 15.0 Å². The summed E-state index contributed by atoms with van der Waals surface area (Å²) >= 11 is 0. The van der Waals surface area contributed by atoms with Crippen LogP contribution in [0.4, 0.5) is 4.79 Å². The number of esters is 1. The molecule has 16 heavy (non-hydrogen) atoms. The highest BCUT2D eigenvalue weighted by atomic mass is 16.5. The third kappa shape index (κ3) is 3.12. The molecule has 1 N–H and O–H groups in total. The van der Waals surface area contributed by atoms with E-state index in [0.717, 1.165) is 19.4 Å². The summed E-state index contributed by atoms with van der Waals surface area (Å²) in [5.41, 5.74) is -0.112. The number of amides is 2. The Kier molecular flexibility index (Phi) is 4.15. The maximum atomic E-state index is 11.8. The summed E-state index contributed by atoms with van der Waals surface area (Å²) in [6.07, 6.45) is 2.01. The van der Waals surface area contributed by atoms with E-state index >= 15 is 0 Å². The van der Waals surface area contributed by atoms with E-state index in [0.29, 0.717) is 6.61 Å². The molecule has 1 saturated heterocycles. The highest BCUT2D eigenvalue weighted by Gasteiger charge is 2.35. The first kappa shape index (κ1) is 12.8. The van der Waals surface area contributed by atoms with Gasteiger partial charge in [-0.1, -0.05) is 0 Å². The van der Waals surface area contributed by atoms with Crippen LogP contribution in [0.15, 0.2) is 0 Å². The number of rotatable bonds is 3. The highest BCUT2D eigenvalue weighted by Crippen LogP contribution is 2.27. The van der Waals surface area contributed by atoms with Gasteiger partial charge in [0, 0.05) is 12.1 Å². The normalized spacial score (nSPS) is 18.3. The summed E-state index contributed by atoms with van der Waals surface area (Å²) in [7, 11) is 0. The molecular formula is C11H20N2O3. The summed E-state index contributed by atoms with van der Waals surface area (Å²) in [6, 6.07) is -0.185. The Balaban J connectivity index is 2.38. The second-order valence-electron chi connectivity index (χ2n) is 4.53. The number of likely N-dealkylation sites (tertiary alicyclic amines) is 1. The number of nitrogens with zero attached hydrogens (tertiary/aromatic N) is 1. The van der Waals surface area contributed by atoms with E-state index in [1.807, 2.05) is 13.8 Å². The van der Waals surface area contributed by atoms with Crippen molar-refractivity contribution in [2.75, 3.05) is 19.7 Å². The standard InChI is InChI=1S/C11H20N2O3/c1-4-16-9(14)8-12-10(15)13-7-5-6-11(13,2)3/h4-8H2,1-3H3,(H,12,15). The summed E-state index contributed by atoms with van der Waals surface area (Å²) in [5, 5.41) is 2.58. The van der Waals surface area contributed by atoms with E-state index in [-0.39, 0.29) is 18.1 Å². The molecule has 0 aliphatic carbocycles. The molecule has 1 aliphatic heterocycles. The van der Waals surface area contributed by atoms with Crippen molar-refractivity contribution in [2.24, 2.45) is 0 Å². The first-order valence-corrected chi connectivity index (χ1v) is 5.68. The fourth-order valence-electron chi connectivity index (χ4n) is 1.94. The fraction of sp³-hybridized carbons (Fsp3) is 0.818. The predicted molar refractivity (Wildman–Crippen MR) is 60.1 cm³/mol. The molecule has 0 unspecified atom stereocenters. The van der Waals surface area contributed by atoms with Gasteiger partial charge in [-0.3, -0.25) is 4.79 Å². The average molecular weight is 228 g/mol. The molecule has 1 aliphatic rings. The molecule has 5 nitrogen and oxygen atoms in total. The molecule has 92 valence electrons. The molecule has 0 aromatic carbocycles. The zero-order valence-corrected chi connectivity index (χ0v) is 10.2. The van der Waals surface area contributed by atoms with Crippen LogP contribution in [0, 0.1) is 0 Å².